The predicted octanol–water partition coefficient (Wildman–Crippen LogP) is 2.29. The second-order valence-electron chi connectivity index (χ2n) is 6.59. The molecule has 1 saturated heterocycles. The number of rotatable bonds is 5. The van der Waals surface area contributed by atoms with Crippen molar-refractivity contribution in [2.75, 3.05) is 63.4 Å². The van der Waals surface area contributed by atoms with Gasteiger partial charge in [0.25, 0.3) is 5.91 Å². The van der Waals surface area contributed by atoms with E-state index >= 15 is 0 Å². The Morgan fingerprint density at radius 2 is 1.70 bits per heavy atom. The second kappa shape index (κ2) is 8.18. The molecular formula is C20H26N4O3. The zero-order valence-electron chi connectivity index (χ0n) is 16.0. The van der Waals surface area contributed by atoms with Gasteiger partial charge in [0, 0.05) is 37.4 Å². The van der Waals surface area contributed by atoms with Crippen LogP contribution < -0.4 is 25.4 Å². The Labute approximate surface area is 159 Å². The Balaban J connectivity index is 1.72. The molecule has 144 valence electrons. The average Bonchev–Trinajstić information content (AvgIpc) is 2.68. The van der Waals surface area contributed by atoms with Gasteiger partial charge in [0.05, 0.1) is 25.6 Å². The maximum absolute atomic E-state index is 12.6. The lowest BCUT2D eigenvalue weighted by Crippen LogP contribution is -2.44. The van der Waals surface area contributed by atoms with Crippen LogP contribution in [-0.2, 0) is 0 Å². The molecule has 3 rings (SSSR count). The van der Waals surface area contributed by atoms with Crippen LogP contribution in [0.2, 0.25) is 0 Å². The molecule has 0 radical (unpaired) electrons. The van der Waals surface area contributed by atoms with Crippen LogP contribution in [0.3, 0.4) is 0 Å². The normalized spacial score (nSPS) is 14.7. The van der Waals surface area contributed by atoms with E-state index in [1.807, 2.05) is 12.1 Å². The van der Waals surface area contributed by atoms with Gasteiger partial charge in [-0.3, -0.25) is 4.79 Å². The number of hydrogen-bond acceptors (Lipinski definition) is 6. The number of nitrogens with one attached hydrogen (secondary N) is 1. The summed E-state index contributed by atoms with van der Waals surface area (Å²) in [5.41, 5.74) is 9.04. The van der Waals surface area contributed by atoms with Crippen molar-refractivity contribution in [1.29, 1.82) is 0 Å². The number of carbonyl (C=O) groups is 1. The van der Waals surface area contributed by atoms with Gasteiger partial charge in [-0.25, -0.2) is 0 Å². The molecule has 7 heteroatoms. The molecule has 0 aliphatic carbocycles. The molecule has 2 aromatic rings. The molecule has 1 fully saturated rings. The van der Waals surface area contributed by atoms with Crippen LogP contribution >= 0.6 is 0 Å². The second-order valence-corrected chi connectivity index (χ2v) is 6.59. The molecule has 7 nitrogen and oxygen atoms in total. The summed E-state index contributed by atoms with van der Waals surface area (Å²) in [7, 11) is 5.22. The van der Waals surface area contributed by atoms with Crippen LogP contribution in [0.15, 0.2) is 36.4 Å². The molecule has 1 heterocycles. The van der Waals surface area contributed by atoms with Crippen LogP contribution in [-0.4, -0.2) is 58.3 Å². The lowest BCUT2D eigenvalue weighted by molar-refractivity contribution is 0.102. The number of piperazine rings is 1. The number of nitrogens with two attached hydrogens (primary N) is 1. The van der Waals surface area contributed by atoms with Gasteiger partial charge < -0.3 is 30.3 Å². The summed E-state index contributed by atoms with van der Waals surface area (Å²) in [5, 5.41) is 2.88. The van der Waals surface area contributed by atoms with E-state index in [0.717, 1.165) is 31.9 Å². The predicted molar refractivity (Wildman–Crippen MR) is 108 cm³/mol. The molecule has 1 aliphatic rings. The van der Waals surface area contributed by atoms with Crippen LogP contribution in [0.25, 0.3) is 0 Å². The number of hydrogen-bond donors (Lipinski definition) is 2. The van der Waals surface area contributed by atoms with Gasteiger partial charge >= 0.3 is 0 Å². The van der Waals surface area contributed by atoms with Crippen LogP contribution in [0.5, 0.6) is 11.5 Å². The SMILES string of the molecule is COc1ccc(C(=O)Nc2ccc(N3CCN(C)CC3)c(N)c2)cc1OC. The minimum atomic E-state index is -0.234. The van der Waals surface area contributed by atoms with Gasteiger partial charge in [-0.05, 0) is 43.4 Å². The zero-order valence-corrected chi connectivity index (χ0v) is 16.0. The lowest BCUT2D eigenvalue weighted by atomic mass is 10.1. The number of ether oxygens (including phenoxy) is 2. The number of amides is 1. The maximum Gasteiger partial charge on any atom is 0.255 e. The van der Waals surface area contributed by atoms with E-state index in [9.17, 15) is 4.79 Å². The molecule has 2 aromatic carbocycles. The van der Waals surface area contributed by atoms with Crippen LogP contribution in [0, 0.1) is 0 Å². The Bertz CT molecular complexity index is 817. The monoisotopic (exact) mass is 370 g/mol. The highest BCUT2D eigenvalue weighted by atomic mass is 16.5. The smallest absolute Gasteiger partial charge is 0.255 e. The standard InChI is InChI=1S/C20H26N4O3/c1-23-8-10-24(11-9-23)17-6-5-15(13-16(17)21)22-20(25)14-4-7-18(26-2)19(12-14)27-3/h4-7,12-13H,8-11,21H2,1-3H3,(H,22,25). The van der Waals surface area contributed by atoms with Crippen molar-refractivity contribution in [3.63, 3.8) is 0 Å². The third kappa shape index (κ3) is 4.25. The molecular weight excluding hydrogens is 344 g/mol. The minimum Gasteiger partial charge on any atom is -0.493 e. The van der Waals surface area contributed by atoms with Crippen molar-refractivity contribution in [2.45, 2.75) is 0 Å². The van der Waals surface area contributed by atoms with E-state index in [-0.39, 0.29) is 5.91 Å². The van der Waals surface area contributed by atoms with Crippen LogP contribution in [0.1, 0.15) is 10.4 Å². The molecule has 0 unspecified atom stereocenters. The van der Waals surface area contributed by atoms with E-state index in [4.69, 9.17) is 15.2 Å². The Morgan fingerprint density at radius 3 is 2.33 bits per heavy atom. The van der Waals surface area contributed by atoms with Crippen molar-refractivity contribution < 1.29 is 14.3 Å². The van der Waals surface area contributed by atoms with Gasteiger partial charge in [-0.1, -0.05) is 0 Å². The summed E-state index contributed by atoms with van der Waals surface area (Å²) in [4.78, 5) is 17.1. The van der Waals surface area contributed by atoms with Crippen molar-refractivity contribution in [2.24, 2.45) is 0 Å². The highest BCUT2D eigenvalue weighted by Crippen LogP contribution is 2.29. The molecule has 3 N–H and O–H groups in total. The molecule has 0 saturated carbocycles. The van der Waals surface area contributed by atoms with Crippen molar-refractivity contribution in [3.05, 3.63) is 42.0 Å². The number of carbonyl (C=O) groups excluding carboxylic acids is 1. The molecule has 0 bridgehead atoms. The van der Waals surface area contributed by atoms with Crippen molar-refractivity contribution in [1.82, 2.24) is 4.90 Å². The number of nitrogens with zero attached hydrogens (tertiary/aromatic N) is 2. The summed E-state index contributed by atoms with van der Waals surface area (Å²) in [5.74, 6) is 0.854. The van der Waals surface area contributed by atoms with Gasteiger partial charge in [-0.15, -0.1) is 0 Å². The number of nitrogen functional groups attached to an aromatic ring is 1. The van der Waals surface area contributed by atoms with E-state index in [1.165, 1.54) is 7.11 Å². The third-order valence-corrected chi connectivity index (χ3v) is 4.78. The number of benzene rings is 2. The van der Waals surface area contributed by atoms with Crippen molar-refractivity contribution >= 4 is 23.0 Å². The first-order chi connectivity index (χ1) is 13.0. The van der Waals surface area contributed by atoms with Gasteiger partial charge in [0.2, 0.25) is 0 Å². The first kappa shape index (κ1) is 18.8. The maximum atomic E-state index is 12.6. The van der Waals surface area contributed by atoms with E-state index in [2.05, 4.69) is 22.2 Å². The zero-order chi connectivity index (χ0) is 19.4. The topological polar surface area (TPSA) is 80.1 Å². The van der Waals surface area contributed by atoms with Gasteiger partial charge in [-0.2, -0.15) is 0 Å². The van der Waals surface area contributed by atoms with E-state index in [1.54, 1.807) is 31.4 Å². The number of methoxy groups -OCH3 is 2. The molecule has 1 aliphatic heterocycles. The fourth-order valence-corrected chi connectivity index (χ4v) is 3.15. The third-order valence-electron chi connectivity index (χ3n) is 4.78. The summed E-state index contributed by atoms with van der Waals surface area (Å²) in [6, 6.07) is 10.7. The number of likely N-dealkylation sites (N-methyl/N-ethyl adjacent to an activating group) is 1. The largest absolute Gasteiger partial charge is 0.493 e. The van der Waals surface area contributed by atoms with E-state index in [0.29, 0.717) is 28.4 Å². The highest BCUT2D eigenvalue weighted by Gasteiger charge is 2.17. The summed E-state index contributed by atoms with van der Waals surface area (Å²) < 4.78 is 10.5. The van der Waals surface area contributed by atoms with E-state index < -0.39 is 0 Å². The lowest BCUT2D eigenvalue weighted by Gasteiger charge is -2.34. The molecule has 0 spiro atoms. The molecule has 0 aromatic heterocycles. The Morgan fingerprint density at radius 1 is 1.00 bits per heavy atom. The minimum absolute atomic E-state index is 0.234. The molecule has 27 heavy (non-hydrogen) atoms. The molecule has 0 atom stereocenters. The Hall–Kier alpha value is -2.93. The van der Waals surface area contributed by atoms with Crippen LogP contribution in [0.4, 0.5) is 17.1 Å². The summed E-state index contributed by atoms with van der Waals surface area (Å²) >= 11 is 0. The molecule has 1 amide bonds. The summed E-state index contributed by atoms with van der Waals surface area (Å²) in [6.07, 6.45) is 0. The van der Waals surface area contributed by atoms with Gasteiger partial charge in [0.1, 0.15) is 0 Å². The fourth-order valence-electron chi connectivity index (χ4n) is 3.15. The first-order valence-electron chi connectivity index (χ1n) is 8.88. The Kier molecular flexibility index (Phi) is 5.71. The first-order valence-corrected chi connectivity index (χ1v) is 8.88. The van der Waals surface area contributed by atoms with Crippen molar-refractivity contribution in [3.8, 4) is 11.5 Å². The quantitative estimate of drug-likeness (QED) is 0.786. The number of anilines is 3. The van der Waals surface area contributed by atoms with Gasteiger partial charge in [0.15, 0.2) is 11.5 Å². The average molecular weight is 370 g/mol. The summed E-state index contributed by atoms with van der Waals surface area (Å²) in [6.45, 7) is 3.91. The fraction of sp³-hybridized carbons (Fsp3) is 0.350. The highest BCUT2D eigenvalue weighted by molar-refractivity contribution is 6.05.